The van der Waals surface area contributed by atoms with E-state index in [-0.39, 0.29) is 5.92 Å². The van der Waals surface area contributed by atoms with Crippen molar-refractivity contribution in [1.82, 2.24) is 0 Å². The van der Waals surface area contributed by atoms with Crippen molar-refractivity contribution in [2.75, 3.05) is 13.2 Å². The van der Waals surface area contributed by atoms with Crippen LogP contribution in [0, 0.1) is 6.92 Å². The molecule has 0 bridgehead atoms. The van der Waals surface area contributed by atoms with Gasteiger partial charge in [0.25, 0.3) is 0 Å². The lowest BCUT2D eigenvalue weighted by Crippen LogP contribution is -2.12. The minimum absolute atomic E-state index is 0.275. The highest BCUT2D eigenvalue weighted by atomic mass is 16.5. The Kier molecular flexibility index (Phi) is 3.84. The zero-order valence-electron chi connectivity index (χ0n) is 12.4. The van der Waals surface area contributed by atoms with Crippen molar-refractivity contribution in [2.45, 2.75) is 25.9 Å². The summed E-state index contributed by atoms with van der Waals surface area (Å²) >= 11 is 0. The fraction of sp³-hybridized carbons (Fsp3) is 0.333. The van der Waals surface area contributed by atoms with Crippen molar-refractivity contribution >= 4 is 0 Å². The van der Waals surface area contributed by atoms with Crippen LogP contribution in [0.1, 0.15) is 35.6 Å². The smallest absolute Gasteiger partial charge is 0.123 e. The number of benzene rings is 2. The van der Waals surface area contributed by atoms with Crippen molar-refractivity contribution in [3.63, 3.8) is 0 Å². The van der Waals surface area contributed by atoms with E-state index in [1.54, 1.807) is 6.92 Å². The average Bonchev–Trinajstić information content (AvgIpc) is 2.89. The van der Waals surface area contributed by atoms with Gasteiger partial charge in [0, 0.05) is 5.56 Å². The third kappa shape index (κ3) is 2.88. The van der Waals surface area contributed by atoms with Crippen LogP contribution >= 0.6 is 0 Å². The van der Waals surface area contributed by atoms with E-state index in [0.29, 0.717) is 13.2 Å². The maximum Gasteiger partial charge on any atom is 0.123 e. The molecule has 2 aromatic rings. The zero-order chi connectivity index (χ0) is 14.8. The first kappa shape index (κ1) is 14.0. The molecule has 3 heteroatoms. The molecule has 1 aliphatic rings. The number of rotatable bonds is 4. The second kappa shape index (κ2) is 5.78. The summed E-state index contributed by atoms with van der Waals surface area (Å²) in [6.07, 6.45) is -0.451. The quantitative estimate of drug-likeness (QED) is 0.932. The second-order valence-corrected chi connectivity index (χ2v) is 5.56. The fourth-order valence-corrected chi connectivity index (χ4v) is 2.65. The highest BCUT2D eigenvalue weighted by Crippen LogP contribution is 2.34. The zero-order valence-corrected chi connectivity index (χ0v) is 12.4. The SMILES string of the molecule is Cc1cc([C@H](C)O)ccc1OCC1COc2ccccc21. The first-order valence-corrected chi connectivity index (χ1v) is 7.28. The Morgan fingerprint density at radius 1 is 1.29 bits per heavy atom. The van der Waals surface area contributed by atoms with Crippen LogP contribution < -0.4 is 9.47 Å². The van der Waals surface area contributed by atoms with E-state index in [9.17, 15) is 5.11 Å². The van der Waals surface area contributed by atoms with E-state index in [2.05, 4.69) is 6.07 Å². The topological polar surface area (TPSA) is 38.7 Å². The number of hydrogen-bond donors (Lipinski definition) is 1. The number of aryl methyl sites for hydroxylation is 1. The largest absolute Gasteiger partial charge is 0.493 e. The Balaban J connectivity index is 1.69. The normalized spacial score (nSPS) is 18.0. The summed E-state index contributed by atoms with van der Waals surface area (Å²) in [6, 6.07) is 13.9. The predicted octanol–water partition coefficient (Wildman–Crippen LogP) is 3.60. The maximum absolute atomic E-state index is 9.59. The monoisotopic (exact) mass is 284 g/mol. The summed E-state index contributed by atoms with van der Waals surface area (Å²) in [6.45, 7) is 5.04. The van der Waals surface area contributed by atoms with E-state index in [1.807, 2.05) is 43.3 Å². The first-order chi connectivity index (χ1) is 10.1. The van der Waals surface area contributed by atoms with Crippen LogP contribution in [0.4, 0.5) is 0 Å². The molecule has 0 amide bonds. The van der Waals surface area contributed by atoms with Gasteiger partial charge in [0.2, 0.25) is 0 Å². The average molecular weight is 284 g/mol. The van der Waals surface area contributed by atoms with Crippen molar-refractivity contribution in [1.29, 1.82) is 0 Å². The van der Waals surface area contributed by atoms with Gasteiger partial charge in [-0.3, -0.25) is 0 Å². The molecule has 21 heavy (non-hydrogen) atoms. The van der Waals surface area contributed by atoms with Crippen LogP contribution in [0.15, 0.2) is 42.5 Å². The third-order valence-corrected chi connectivity index (χ3v) is 3.92. The molecule has 1 unspecified atom stereocenters. The van der Waals surface area contributed by atoms with Crippen LogP contribution in [0.5, 0.6) is 11.5 Å². The number of aliphatic hydroxyl groups excluding tert-OH is 1. The summed E-state index contributed by atoms with van der Waals surface area (Å²) in [5, 5.41) is 9.59. The Hall–Kier alpha value is -2.00. The van der Waals surface area contributed by atoms with Crippen molar-refractivity contribution in [3.05, 3.63) is 59.2 Å². The number of hydrogen-bond acceptors (Lipinski definition) is 3. The minimum atomic E-state index is -0.451. The Morgan fingerprint density at radius 3 is 2.86 bits per heavy atom. The van der Waals surface area contributed by atoms with E-state index in [4.69, 9.17) is 9.47 Å². The lowest BCUT2D eigenvalue weighted by Gasteiger charge is -2.14. The van der Waals surface area contributed by atoms with E-state index >= 15 is 0 Å². The maximum atomic E-state index is 9.59. The van der Waals surface area contributed by atoms with Gasteiger partial charge < -0.3 is 14.6 Å². The molecule has 110 valence electrons. The Labute approximate surface area is 125 Å². The van der Waals surface area contributed by atoms with Gasteiger partial charge in [0.15, 0.2) is 0 Å². The molecule has 2 atom stereocenters. The van der Waals surface area contributed by atoms with Gasteiger partial charge in [-0.15, -0.1) is 0 Å². The van der Waals surface area contributed by atoms with Crippen LogP contribution in [0.2, 0.25) is 0 Å². The minimum Gasteiger partial charge on any atom is -0.493 e. The summed E-state index contributed by atoms with van der Waals surface area (Å²) in [4.78, 5) is 0. The standard InChI is InChI=1S/C18H20O3/c1-12-9-14(13(2)19)7-8-17(12)20-10-15-11-21-18-6-4-3-5-16(15)18/h3-9,13,15,19H,10-11H2,1-2H3/t13-,15?/m0/s1. The van der Waals surface area contributed by atoms with Gasteiger partial charge in [-0.05, 0) is 43.2 Å². The molecular formula is C18H20O3. The van der Waals surface area contributed by atoms with Gasteiger partial charge in [0.1, 0.15) is 11.5 Å². The third-order valence-electron chi connectivity index (χ3n) is 3.92. The first-order valence-electron chi connectivity index (χ1n) is 7.28. The van der Waals surface area contributed by atoms with E-state index in [0.717, 1.165) is 22.6 Å². The lowest BCUT2D eigenvalue weighted by atomic mass is 10.0. The molecule has 2 aromatic carbocycles. The van der Waals surface area contributed by atoms with Gasteiger partial charge in [-0.25, -0.2) is 0 Å². The molecule has 1 heterocycles. The molecule has 0 aromatic heterocycles. The molecule has 0 radical (unpaired) electrons. The highest BCUT2D eigenvalue weighted by molar-refractivity contribution is 5.40. The molecule has 3 nitrogen and oxygen atoms in total. The van der Waals surface area contributed by atoms with Gasteiger partial charge in [-0.1, -0.05) is 24.3 Å². The highest BCUT2D eigenvalue weighted by Gasteiger charge is 2.24. The van der Waals surface area contributed by atoms with Gasteiger partial charge in [-0.2, -0.15) is 0 Å². The number of para-hydroxylation sites is 1. The molecule has 0 fully saturated rings. The molecule has 0 saturated heterocycles. The summed E-state index contributed by atoms with van der Waals surface area (Å²) < 4.78 is 11.6. The van der Waals surface area contributed by atoms with Gasteiger partial charge in [0.05, 0.1) is 25.2 Å². The lowest BCUT2D eigenvalue weighted by molar-refractivity contribution is 0.199. The number of fused-ring (bicyclic) bond motifs is 1. The molecule has 1 aliphatic heterocycles. The molecular weight excluding hydrogens is 264 g/mol. The second-order valence-electron chi connectivity index (χ2n) is 5.56. The van der Waals surface area contributed by atoms with E-state index < -0.39 is 6.10 Å². The van der Waals surface area contributed by atoms with Crippen molar-refractivity contribution in [2.24, 2.45) is 0 Å². The molecule has 0 saturated carbocycles. The van der Waals surface area contributed by atoms with Crippen LogP contribution in [0.3, 0.4) is 0 Å². The molecule has 3 rings (SSSR count). The molecule has 1 N–H and O–H groups in total. The van der Waals surface area contributed by atoms with Crippen LogP contribution in [-0.4, -0.2) is 18.3 Å². The van der Waals surface area contributed by atoms with Gasteiger partial charge >= 0.3 is 0 Å². The summed E-state index contributed by atoms with van der Waals surface area (Å²) in [5.41, 5.74) is 3.17. The Morgan fingerprint density at radius 2 is 2.10 bits per heavy atom. The van der Waals surface area contributed by atoms with Crippen molar-refractivity contribution < 1.29 is 14.6 Å². The van der Waals surface area contributed by atoms with Crippen LogP contribution in [0.25, 0.3) is 0 Å². The van der Waals surface area contributed by atoms with E-state index in [1.165, 1.54) is 5.56 Å². The molecule has 0 aliphatic carbocycles. The molecule has 0 spiro atoms. The number of ether oxygens (including phenoxy) is 2. The van der Waals surface area contributed by atoms with Crippen molar-refractivity contribution in [3.8, 4) is 11.5 Å². The predicted molar refractivity (Wildman–Crippen MR) is 82.0 cm³/mol. The van der Waals surface area contributed by atoms with Crippen LogP contribution in [-0.2, 0) is 0 Å². The fourth-order valence-electron chi connectivity index (χ4n) is 2.65. The summed E-state index contributed by atoms with van der Waals surface area (Å²) in [7, 11) is 0. The number of aliphatic hydroxyl groups is 1. The summed E-state index contributed by atoms with van der Waals surface area (Å²) in [5.74, 6) is 2.10. The Bertz CT molecular complexity index is 634.